The van der Waals surface area contributed by atoms with Crippen molar-refractivity contribution in [2.24, 2.45) is 0 Å². The molecule has 1 aliphatic rings. The van der Waals surface area contributed by atoms with Crippen molar-refractivity contribution in [3.63, 3.8) is 0 Å². The fourth-order valence-corrected chi connectivity index (χ4v) is 7.36. The fourth-order valence-electron chi connectivity index (χ4n) is 7.36. The molecule has 8 aromatic carbocycles. The number of para-hydroxylation sites is 2. The number of benzene rings is 8. The van der Waals surface area contributed by atoms with Gasteiger partial charge in [-0.1, -0.05) is 121 Å². The first-order valence-electron chi connectivity index (χ1n) is 16.0. The van der Waals surface area contributed by atoms with E-state index in [-0.39, 0.29) is 0 Å². The molecule has 0 N–H and O–H groups in total. The van der Waals surface area contributed by atoms with Crippen molar-refractivity contribution < 1.29 is 0 Å². The summed E-state index contributed by atoms with van der Waals surface area (Å²) in [6.07, 6.45) is 0. The first-order chi connectivity index (χ1) is 23.3. The van der Waals surface area contributed by atoms with E-state index in [4.69, 9.17) is 9.97 Å². The maximum absolute atomic E-state index is 5.23. The van der Waals surface area contributed by atoms with Crippen molar-refractivity contribution in [2.75, 3.05) is 4.90 Å². The molecule has 1 aromatic heterocycles. The van der Waals surface area contributed by atoms with Crippen LogP contribution < -0.4 is 4.90 Å². The fraction of sp³-hybridized carbons (Fsp3) is 0. The van der Waals surface area contributed by atoms with E-state index in [1.165, 1.54) is 54.8 Å². The number of hydrogen-bond donors (Lipinski definition) is 0. The normalized spacial score (nSPS) is 12.2. The second-order valence-corrected chi connectivity index (χ2v) is 12.2. The molecule has 0 radical (unpaired) electrons. The highest BCUT2D eigenvalue weighted by Crippen LogP contribution is 2.52. The zero-order valence-corrected chi connectivity index (χ0v) is 25.4. The van der Waals surface area contributed by atoms with Crippen LogP contribution in [0.5, 0.6) is 0 Å². The highest BCUT2D eigenvalue weighted by molar-refractivity contribution is 6.15. The van der Waals surface area contributed by atoms with Gasteiger partial charge in [0.05, 0.1) is 33.8 Å². The van der Waals surface area contributed by atoms with E-state index in [1.54, 1.807) is 0 Å². The predicted molar refractivity (Wildman–Crippen MR) is 197 cm³/mol. The summed E-state index contributed by atoms with van der Waals surface area (Å²) in [5.41, 5.74) is 11.7. The minimum Gasteiger partial charge on any atom is -0.309 e. The summed E-state index contributed by atoms with van der Waals surface area (Å²) in [6.45, 7) is 0. The first kappa shape index (κ1) is 26.0. The maximum atomic E-state index is 5.23. The Balaban J connectivity index is 1.18. The molecule has 0 aliphatic carbocycles. The number of aromatic nitrogens is 2. The van der Waals surface area contributed by atoms with Gasteiger partial charge in [-0.15, -0.1) is 0 Å². The first-order valence-corrected chi connectivity index (χ1v) is 16.0. The van der Waals surface area contributed by atoms with Gasteiger partial charge in [0.25, 0.3) is 0 Å². The van der Waals surface area contributed by atoms with Gasteiger partial charge in [0, 0.05) is 27.8 Å². The van der Waals surface area contributed by atoms with Gasteiger partial charge in [-0.3, -0.25) is 0 Å². The number of fused-ring (bicyclic) bond motifs is 5. The number of rotatable bonds is 3. The van der Waals surface area contributed by atoms with Gasteiger partial charge in [-0.2, -0.15) is 0 Å². The summed E-state index contributed by atoms with van der Waals surface area (Å²) in [7, 11) is 0. The minimum atomic E-state index is 0.879. The molecule has 2 heterocycles. The van der Waals surface area contributed by atoms with E-state index in [2.05, 4.69) is 144 Å². The molecular formula is C44H27N3. The molecule has 0 saturated carbocycles. The summed E-state index contributed by atoms with van der Waals surface area (Å²) < 4.78 is 0. The van der Waals surface area contributed by atoms with Gasteiger partial charge in [0.15, 0.2) is 0 Å². The van der Waals surface area contributed by atoms with Gasteiger partial charge < -0.3 is 4.90 Å². The number of anilines is 3. The van der Waals surface area contributed by atoms with Gasteiger partial charge in [-0.05, 0) is 75.0 Å². The Morgan fingerprint density at radius 1 is 0.383 bits per heavy atom. The lowest BCUT2D eigenvalue weighted by atomic mass is 9.89. The molecule has 1 aliphatic heterocycles. The zero-order chi connectivity index (χ0) is 30.9. The van der Waals surface area contributed by atoms with Crippen LogP contribution in [-0.4, -0.2) is 9.97 Å². The lowest BCUT2D eigenvalue weighted by Gasteiger charge is -2.34. The van der Waals surface area contributed by atoms with Crippen LogP contribution in [0.25, 0.3) is 77.0 Å². The third-order valence-electron chi connectivity index (χ3n) is 9.53. The second kappa shape index (κ2) is 10.1. The van der Waals surface area contributed by atoms with Gasteiger partial charge in [-0.25, -0.2) is 9.97 Å². The Bertz CT molecular complexity index is 2680. The van der Waals surface area contributed by atoms with E-state index in [0.717, 1.165) is 39.2 Å². The van der Waals surface area contributed by atoms with E-state index >= 15 is 0 Å². The molecule has 0 unspecified atom stereocenters. The van der Waals surface area contributed by atoms with Crippen LogP contribution in [0.3, 0.4) is 0 Å². The largest absolute Gasteiger partial charge is 0.309 e. The smallest absolute Gasteiger partial charge is 0.0979 e. The summed E-state index contributed by atoms with van der Waals surface area (Å²) in [5.74, 6) is 0. The molecular weight excluding hydrogens is 571 g/mol. The molecule has 47 heavy (non-hydrogen) atoms. The zero-order valence-electron chi connectivity index (χ0n) is 25.4. The van der Waals surface area contributed by atoms with Crippen molar-refractivity contribution in [2.45, 2.75) is 0 Å². The highest BCUT2D eigenvalue weighted by Gasteiger charge is 2.26. The molecule has 218 valence electrons. The molecule has 3 heteroatoms. The lowest BCUT2D eigenvalue weighted by Crippen LogP contribution is -2.15. The number of nitrogens with zero attached hydrogens (tertiary/aromatic N) is 3. The molecule has 9 aromatic rings. The van der Waals surface area contributed by atoms with E-state index in [1.807, 2.05) is 24.3 Å². The van der Waals surface area contributed by atoms with Crippen molar-refractivity contribution >= 4 is 60.4 Å². The average molecular weight is 598 g/mol. The Labute approximate surface area is 272 Å². The summed E-state index contributed by atoms with van der Waals surface area (Å²) >= 11 is 0. The Morgan fingerprint density at radius 3 is 1.77 bits per heavy atom. The van der Waals surface area contributed by atoms with E-state index in [0.29, 0.717) is 0 Å². The Kier molecular flexibility index (Phi) is 5.57. The molecule has 10 rings (SSSR count). The maximum Gasteiger partial charge on any atom is 0.0979 e. The summed E-state index contributed by atoms with van der Waals surface area (Å²) in [6, 6.07) is 58.5. The van der Waals surface area contributed by atoms with Crippen LogP contribution in [0.2, 0.25) is 0 Å². The van der Waals surface area contributed by atoms with E-state index in [9.17, 15) is 0 Å². The predicted octanol–water partition coefficient (Wildman–Crippen LogP) is 11.9. The van der Waals surface area contributed by atoms with Crippen LogP contribution in [0.1, 0.15) is 0 Å². The molecule has 0 spiro atoms. The van der Waals surface area contributed by atoms with Crippen LogP contribution in [0.15, 0.2) is 164 Å². The SMILES string of the molecule is c1ccc2cc3c(cc2c1)-c1cccc2cccc(c12)N3c1ccc(-c2nc3ccccc3nc2-c2cccc3ccccc23)cc1. The van der Waals surface area contributed by atoms with Crippen molar-refractivity contribution in [3.05, 3.63) is 164 Å². The molecule has 0 bridgehead atoms. The molecule has 0 saturated heterocycles. The van der Waals surface area contributed by atoms with Crippen LogP contribution in [0.4, 0.5) is 17.1 Å². The average Bonchev–Trinajstić information content (AvgIpc) is 3.14. The molecule has 0 atom stereocenters. The lowest BCUT2D eigenvalue weighted by molar-refractivity contribution is 1.28. The Hall–Kier alpha value is -6.32. The van der Waals surface area contributed by atoms with Crippen LogP contribution in [0, 0.1) is 0 Å². The van der Waals surface area contributed by atoms with Crippen molar-refractivity contribution in [3.8, 4) is 33.6 Å². The van der Waals surface area contributed by atoms with Crippen molar-refractivity contribution in [1.29, 1.82) is 0 Å². The van der Waals surface area contributed by atoms with Gasteiger partial charge in [0.1, 0.15) is 0 Å². The summed E-state index contributed by atoms with van der Waals surface area (Å²) in [5, 5.41) is 7.35. The van der Waals surface area contributed by atoms with Gasteiger partial charge >= 0.3 is 0 Å². The van der Waals surface area contributed by atoms with E-state index < -0.39 is 0 Å². The standard InChI is InChI=1S/C44H27N3/c1-2-12-32-27-41-37(26-31(32)11-1)35-17-8-14-29-15-9-21-40(42(29)35)47(41)33-24-22-30(23-25-33)43-44(46-39-20-6-5-19-38(39)45-43)36-18-7-13-28-10-3-4-16-34(28)36/h1-27H. The topological polar surface area (TPSA) is 29.0 Å². The second-order valence-electron chi connectivity index (χ2n) is 12.2. The molecule has 3 nitrogen and oxygen atoms in total. The minimum absolute atomic E-state index is 0.879. The third-order valence-corrected chi connectivity index (χ3v) is 9.53. The van der Waals surface area contributed by atoms with Crippen LogP contribution >= 0.6 is 0 Å². The van der Waals surface area contributed by atoms with Crippen LogP contribution in [-0.2, 0) is 0 Å². The summed E-state index contributed by atoms with van der Waals surface area (Å²) in [4.78, 5) is 12.9. The number of hydrogen-bond acceptors (Lipinski definition) is 3. The molecule has 0 amide bonds. The van der Waals surface area contributed by atoms with Gasteiger partial charge in [0.2, 0.25) is 0 Å². The Morgan fingerprint density at radius 2 is 0.979 bits per heavy atom. The monoisotopic (exact) mass is 597 g/mol. The van der Waals surface area contributed by atoms with Crippen molar-refractivity contribution in [1.82, 2.24) is 9.97 Å². The third kappa shape index (κ3) is 4.00. The molecule has 0 fully saturated rings. The quantitative estimate of drug-likeness (QED) is 0.203. The highest BCUT2D eigenvalue weighted by atomic mass is 15.2.